The summed E-state index contributed by atoms with van der Waals surface area (Å²) in [5, 5.41) is -0.0795. The molecule has 0 aliphatic heterocycles. The molecule has 0 bridgehead atoms. The number of rotatable bonds is 6. The minimum atomic E-state index is -0.295. The number of ether oxygens (including phenoxy) is 1. The highest BCUT2D eigenvalue weighted by Gasteiger charge is 2.08. The van der Waals surface area contributed by atoms with E-state index in [1.165, 1.54) is 18.3 Å². The number of para-hydroxylation sites is 1. The largest absolute Gasteiger partial charge is 0.380 e. The number of thiazole rings is 1. The summed E-state index contributed by atoms with van der Waals surface area (Å²) < 4.78 is 8.47. The zero-order valence-electron chi connectivity index (χ0n) is 12.6. The molecule has 0 saturated heterocycles. The van der Waals surface area contributed by atoms with Crippen LogP contribution in [-0.4, -0.2) is 34.6 Å². The second kappa shape index (κ2) is 8.26. The summed E-state index contributed by atoms with van der Waals surface area (Å²) in [5.74, 6) is -0.216. The molecule has 0 radical (unpaired) electrons. The fourth-order valence-corrected chi connectivity index (χ4v) is 3.39. The number of hydrogen-bond donors (Lipinski definition) is 0. The Labute approximate surface area is 137 Å². The van der Waals surface area contributed by atoms with Gasteiger partial charge in [0, 0.05) is 20.1 Å². The van der Waals surface area contributed by atoms with E-state index in [4.69, 9.17) is 4.74 Å². The van der Waals surface area contributed by atoms with E-state index in [9.17, 15) is 9.59 Å². The van der Waals surface area contributed by atoms with Gasteiger partial charge in [-0.2, -0.15) is 4.99 Å². The minimum absolute atomic E-state index is 0.0784. The Hall–Kier alpha value is -1.44. The Bertz CT molecular complexity index is 734. The Morgan fingerprint density at radius 3 is 2.86 bits per heavy atom. The molecule has 2 rings (SSSR count). The molecule has 0 saturated carbocycles. The molecule has 1 heterocycles. The van der Waals surface area contributed by atoms with Crippen molar-refractivity contribution in [2.75, 3.05) is 19.0 Å². The fraction of sp³-hybridized carbons (Fsp3) is 0.400. The highest BCUT2D eigenvalue weighted by Crippen LogP contribution is 2.16. The highest BCUT2D eigenvalue weighted by molar-refractivity contribution is 8.14. The molecule has 7 heteroatoms. The van der Waals surface area contributed by atoms with Crippen LogP contribution >= 0.6 is 23.1 Å². The first-order chi connectivity index (χ1) is 10.6. The van der Waals surface area contributed by atoms with Crippen molar-refractivity contribution in [1.29, 1.82) is 0 Å². The third-order valence-electron chi connectivity index (χ3n) is 2.87. The summed E-state index contributed by atoms with van der Waals surface area (Å²) in [6.45, 7) is 5.26. The Morgan fingerprint density at radius 2 is 2.14 bits per heavy atom. The summed E-state index contributed by atoms with van der Waals surface area (Å²) >= 11 is 2.45. The van der Waals surface area contributed by atoms with Gasteiger partial charge in [0.15, 0.2) is 9.92 Å². The predicted molar refractivity (Wildman–Crippen MR) is 90.0 cm³/mol. The minimum Gasteiger partial charge on any atom is -0.380 e. The van der Waals surface area contributed by atoms with Gasteiger partial charge in [0.25, 0.3) is 5.91 Å². The van der Waals surface area contributed by atoms with Crippen molar-refractivity contribution in [3.05, 3.63) is 29.1 Å². The van der Waals surface area contributed by atoms with E-state index >= 15 is 0 Å². The van der Waals surface area contributed by atoms with E-state index in [0.717, 1.165) is 22.0 Å². The lowest BCUT2D eigenvalue weighted by Gasteiger charge is -2.05. The van der Waals surface area contributed by atoms with E-state index in [1.807, 2.05) is 35.8 Å². The maximum atomic E-state index is 11.9. The van der Waals surface area contributed by atoms with Gasteiger partial charge in [-0.15, -0.1) is 0 Å². The number of amides is 1. The smallest absolute Gasteiger partial charge is 0.258 e. The lowest BCUT2D eigenvalue weighted by Crippen LogP contribution is -2.20. The zero-order valence-corrected chi connectivity index (χ0v) is 14.2. The van der Waals surface area contributed by atoms with Crippen molar-refractivity contribution in [2.24, 2.45) is 4.99 Å². The Balaban J connectivity index is 2.32. The summed E-state index contributed by atoms with van der Waals surface area (Å²) in [4.78, 5) is 27.6. The summed E-state index contributed by atoms with van der Waals surface area (Å²) in [6.07, 6.45) is 0. The number of nitrogens with zero attached hydrogens (tertiary/aromatic N) is 2. The molecule has 1 amide bonds. The van der Waals surface area contributed by atoms with Crippen molar-refractivity contribution >= 4 is 44.3 Å². The number of benzene rings is 1. The van der Waals surface area contributed by atoms with E-state index in [0.29, 0.717) is 24.6 Å². The fourth-order valence-electron chi connectivity index (χ4n) is 1.92. The molecule has 0 spiro atoms. The van der Waals surface area contributed by atoms with Gasteiger partial charge in [-0.05, 0) is 19.1 Å². The van der Waals surface area contributed by atoms with Gasteiger partial charge in [-0.25, -0.2) is 0 Å². The number of fused-ring (bicyclic) bond motifs is 1. The van der Waals surface area contributed by atoms with Crippen LogP contribution in [0.5, 0.6) is 0 Å². The van der Waals surface area contributed by atoms with Crippen molar-refractivity contribution in [2.45, 2.75) is 20.4 Å². The third kappa shape index (κ3) is 4.53. The average molecular weight is 338 g/mol. The van der Waals surface area contributed by atoms with Crippen molar-refractivity contribution < 1.29 is 14.3 Å². The third-order valence-corrected chi connectivity index (χ3v) is 4.73. The van der Waals surface area contributed by atoms with Crippen LogP contribution in [-0.2, 0) is 20.9 Å². The standard InChI is InChI=1S/C15H18N2O3S2/c1-3-20-9-8-17-12-6-4-5-7-13(12)22-15(17)16-14(19)10-21-11(2)18/h4-7H,3,8-10H2,1-2H3. The average Bonchev–Trinajstić information content (AvgIpc) is 2.83. The normalized spacial score (nSPS) is 12.0. The van der Waals surface area contributed by atoms with Crippen LogP contribution in [0.1, 0.15) is 13.8 Å². The van der Waals surface area contributed by atoms with Gasteiger partial charge in [-0.1, -0.05) is 35.2 Å². The molecule has 0 N–H and O–H groups in total. The van der Waals surface area contributed by atoms with E-state index < -0.39 is 0 Å². The molecular formula is C15H18N2O3S2. The molecule has 2 aromatic rings. The Morgan fingerprint density at radius 1 is 1.36 bits per heavy atom. The van der Waals surface area contributed by atoms with Gasteiger partial charge < -0.3 is 9.30 Å². The van der Waals surface area contributed by atoms with Crippen LogP contribution in [0.25, 0.3) is 10.2 Å². The maximum absolute atomic E-state index is 11.9. The molecule has 0 aliphatic carbocycles. The second-order valence-electron chi connectivity index (χ2n) is 4.49. The van der Waals surface area contributed by atoms with Crippen LogP contribution < -0.4 is 4.80 Å². The van der Waals surface area contributed by atoms with E-state index in [2.05, 4.69) is 4.99 Å². The highest BCUT2D eigenvalue weighted by atomic mass is 32.2. The van der Waals surface area contributed by atoms with E-state index in [1.54, 1.807) is 0 Å². The van der Waals surface area contributed by atoms with Gasteiger partial charge in [0.1, 0.15) is 0 Å². The molecule has 1 aromatic carbocycles. The number of aromatic nitrogens is 1. The molecule has 0 fully saturated rings. The zero-order chi connectivity index (χ0) is 15.9. The van der Waals surface area contributed by atoms with Gasteiger partial charge >= 0.3 is 0 Å². The van der Waals surface area contributed by atoms with Crippen LogP contribution in [0, 0.1) is 0 Å². The van der Waals surface area contributed by atoms with Gasteiger partial charge in [0.2, 0.25) is 0 Å². The first-order valence-electron chi connectivity index (χ1n) is 6.99. The quantitative estimate of drug-likeness (QED) is 0.759. The van der Waals surface area contributed by atoms with Crippen LogP contribution in [0.15, 0.2) is 29.3 Å². The van der Waals surface area contributed by atoms with Crippen molar-refractivity contribution in [3.8, 4) is 0 Å². The summed E-state index contributed by atoms with van der Waals surface area (Å²) in [7, 11) is 0. The van der Waals surface area contributed by atoms with Crippen molar-refractivity contribution in [3.63, 3.8) is 0 Å². The molecule has 0 aliphatic rings. The monoisotopic (exact) mass is 338 g/mol. The van der Waals surface area contributed by atoms with Gasteiger partial charge in [0.05, 0.1) is 22.6 Å². The first kappa shape index (κ1) is 16.9. The SMILES string of the molecule is CCOCCn1c(=NC(=O)CSC(C)=O)sc2ccccc21. The molecule has 1 aromatic heterocycles. The lowest BCUT2D eigenvalue weighted by molar-refractivity contribution is -0.116. The molecule has 118 valence electrons. The number of carbonyl (C=O) groups excluding carboxylic acids is 2. The lowest BCUT2D eigenvalue weighted by atomic mass is 10.3. The summed E-state index contributed by atoms with van der Waals surface area (Å²) in [6, 6.07) is 7.93. The predicted octanol–water partition coefficient (Wildman–Crippen LogP) is 2.45. The topological polar surface area (TPSA) is 60.7 Å². The summed E-state index contributed by atoms with van der Waals surface area (Å²) in [5.41, 5.74) is 1.04. The Kier molecular flexibility index (Phi) is 6.35. The maximum Gasteiger partial charge on any atom is 0.258 e. The molecule has 5 nitrogen and oxygen atoms in total. The van der Waals surface area contributed by atoms with Crippen molar-refractivity contribution in [1.82, 2.24) is 4.57 Å². The molecule has 22 heavy (non-hydrogen) atoms. The van der Waals surface area contributed by atoms with Crippen LogP contribution in [0.3, 0.4) is 0 Å². The number of thioether (sulfide) groups is 1. The molecule has 0 unspecified atom stereocenters. The number of hydrogen-bond acceptors (Lipinski definition) is 5. The van der Waals surface area contributed by atoms with E-state index in [-0.39, 0.29) is 16.8 Å². The second-order valence-corrected chi connectivity index (χ2v) is 6.65. The van der Waals surface area contributed by atoms with Crippen LogP contribution in [0.4, 0.5) is 0 Å². The van der Waals surface area contributed by atoms with Gasteiger partial charge in [-0.3, -0.25) is 9.59 Å². The first-order valence-corrected chi connectivity index (χ1v) is 8.79. The molecule has 0 atom stereocenters. The molecular weight excluding hydrogens is 320 g/mol. The van der Waals surface area contributed by atoms with Crippen LogP contribution in [0.2, 0.25) is 0 Å². The number of carbonyl (C=O) groups is 2.